The van der Waals surface area contributed by atoms with Crippen molar-refractivity contribution in [2.45, 2.75) is 26.7 Å². The molecule has 0 N–H and O–H groups in total. The maximum atomic E-state index is 5.60. The zero-order chi connectivity index (χ0) is 10.6. The Hall–Kier alpha value is -0.690. The molecule has 1 aromatic rings. The van der Waals surface area contributed by atoms with Gasteiger partial charge in [-0.3, -0.25) is 0 Å². The molecule has 1 rings (SSSR count). The maximum absolute atomic E-state index is 5.60. The fraction of sp³-hybridized carbons (Fsp3) is 0.500. The van der Waals surface area contributed by atoms with Crippen LogP contribution in [0.15, 0.2) is 18.2 Å². The van der Waals surface area contributed by atoms with Gasteiger partial charge < -0.3 is 4.74 Å². The molecule has 0 amide bonds. The fourth-order valence-corrected chi connectivity index (χ4v) is 1.47. The van der Waals surface area contributed by atoms with Crippen molar-refractivity contribution in [2.24, 2.45) is 0 Å². The zero-order valence-electron chi connectivity index (χ0n) is 9.01. The summed E-state index contributed by atoms with van der Waals surface area (Å²) in [6.07, 6.45) is 0. The van der Waals surface area contributed by atoms with E-state index in [1.807, 2.05) is 0 Å². The second kappa shape index (κ2) is 5.26. The number of rotatable bonds is 4. The molecule has 0 heterocycles. The molecule has 1 aromatic carbocycles. The molecule has 0 atom stereocenters. The van der Waals surface area contributed by atoms with Gasteiger partial charge >= 0.3 is 0 Å². The van der Waals surface area contributed by atoms with Gasteiger partial charge in [0.1, 0.15) is 12.4 Å². The number of ether oxygens (including phenoxy) is 1. The number of halogens is 1. The molecule has 2 heteroatoms. The van der Waals surface area contributed by atoms with E-state index in [-0.39, 0.29) is 0 Å². The summed E-state index contributed by atoms with van der Waals surface area (Å²) in [5, 5.41) is 0. The first-order valence-corrected chi connectivity index (χ1v) is 5.48. The summed E-state index contributed by atoms with van der Waals surface area (Å²) >= 11 is 5.60. The highest BCUT2D eigenvalue weighted by molar-refractivity contribution is 6.18. The van der Waals surface area contributed by atoms with Crippen molar-refractivity contribution in [1.29, 1.82) is 0 Å². The summed E-state index contributed by atoms with van der Waals surface area (Å²) in [4.78, 5) is 0. The number of aryl methyl sites for hydroxylation is 1. The van der Waals surface area contributed by atoms with Crippen LogP contribution in [0, 0.1) is 6.92 Å². The van der Waals surface area contributed by atoms with Crippen LogP contribution >= 0.6 is 11.6 Å². The van der Waals surface area contributed by atoms with Crippen molar-refractivity contribution >= 4 is 11.6 Å². The third kappa shape index (κ3) is 2.91. The van der Waals surface area contributed by atoms with E-state index in [0.717, 1.165) is 5.75 Å². The summed E-state index contributed by atoms with van der Waals surface area (Å²) in [5.74, 6) is 1.99. The average molecular weight is 213 g/mol. The van der Waals surface area contributed by atoms with Crippen LogP contribution in [0.4, 0.5) is 0 Å². The second-order valence-corrected chi connectivity index (χ2v) is 4.11. The molecule has 0 aliphatic heterocycles. The van der Waals surface area contributed by atoms with Gasteiger partial charge in [0.2, 0.25) is 0 Å². The number of benzene rings is 1. The minimum absolute atomic E-state index is 0.487. The molecule has 0 aliphatic carbocycles. The molecule has 0 spiro atoms. The van der Waals surface area contributed by atoms with Crippen LogP contribution in [0.25, 0.3) is 0 Å². The van der Waals surface area contributed by atoms with Gasteiger partial charge in [0.25, 0.3) is 0 Å². The van der Waals surface area contributed by atoms with E-state index in [1.165, 1.54) is 11.1 Å². The summed E-state index contributed by atoms with van der Waals surface area (Å²) in [7, 11) is 0. The van der Waals surface area contributed by atoms with Gasteiger partial charge in [0.15, 0.2) is 0 Å². The van der Waals surface area contributed by atoms with Gasteiger partial charge in [-0.05, 0) is 30.0 Å². The first kappa shape index (κ1) is 11.4. The fourth-order valence-electron chi connectivity index (χ4n) is 1.39. The molecule has 78 valence electrons. The van der Waals surface area contributed by atoms with Gasteiger partial charge in [0, 0.05) is 0 Å². The predicted octanol–water partition coefficient (Wildman–Crippen LogP) is 3.74. The number of alkyl halides is 1. The Morgan fingerprint density at radius 2 is 2.07 bits per heavy atom. The van der Waals surface area contributed by atoms with Gasteiger partial charge in [0.05, 0.1) is 5.88 Å². The molecule has 0 bridgehead atoms. The van der Waals surface area contributed by atoms with Crippen LogP contribution in [-0.4, -0.2) is 12.5 Å². The Balaban J connectivity index is 2.91. The van der Waals surface area contributed by atoms with Crippen molar-refractivity contribution < 1.29 is 4.74 Å². The number of hydrogen-bond acceptors (Lipinski definition) is 1. The highest BCUT2D eigenvalue weighted by Crippen LogP contribution is 2.27. The smallest absolute Gasteiger partial charge is 0.123 e. The second-order valence-electron chi connectivity index (χ2n) is 3.73. The largest absolute Gasteiger partial charge is 0.492 e. The molecule has 0 aromatic heterocycles. The lowest BCUT2D eigenvalue weighted by Crippen LogP contribution is -2.02. The Bertz CT molecular complexity index is 294. The standard InChI is InChI=1S/C12H17ClO/c1-9(2)11-5-4-10(3)8-12(11)14-7-6-13/h4-5,8-9H,6-7H2,1-3H3. The minimum atomic E-state index is 0.487. The summed E-state index contributed by atoms with van der Waals surface area (Å²) in [5.41, 5.74) is 2.47. The van der Waals surface area contributed by atoms with E-state index in [9.17, 15) is 0 Å². The first-order chi connectivity index (χ1) is 6.65. The van der Waals surface area contributed by atoms with Gasteiger partial charge in [-0.25, -0.2) is 0 Å². The Morgan fingerprint density at radius 3 is 2.64 bits per heavy atom. The lowest BCUT2D eigenvalue weighted by atomic mass is 10.0. The monoisotopic (exact) mass is 212 g/mol. The van der Waals surface area contributed by atoms with E-state index < -0.39 is 0 Å². The van der Waals surface area contributed by atoms with Crippen LogP contribution < -0.4 is 4.74 Å². The molecule has 1 nitrogen and oxygen atoms in total. The van der Waals surface area contributed by atoms with Crippen LogP contribution in [0.2, 0.25) is 0 Å². The Kier molecular flexibility index (Phi) is 4.27. The average Bonchev–Trinajstić information content (AvgIpc) is 2.14. The molecular weight excluding hydrogens is 196 g/mol. The van der Waals surface area contributed by atoms with Gasteiger partial charge in [-0.1, -0.05) is 26.0 Å². The first-order valence-electron chi connectivity index (χ1n) is 4.94. The SMILES string of the molecule is Cc1ccc(C(C)C)c(OCCCl)c1. The highest BCUT2D eigenvalue weighted by atomic mass is 35.5. The zero-order valence-corrected chi connectivity index (χ0v) is 9.77. The normalized spacial score (nSPS) is 10.6. The molecule has 0 saturated heterocycles. The van der Waals surface area contributed by atoms with Gasteiger partial charge in [-0.15, -0.1) is 11.6 Å². The summed E-state index contributed by atoms with van der Waals surface area (Å²) in [6.45, 7) is 6.97. The third-order valence-electron chi connectivity index (χ3n) is 2.13. The predicted molar refractivity (Wildman–Crippen MR) is 61.5 cm³/mol. The molecule has 0 saturated carbocycles. The van der Waals surface area contributed by atoms with E-state index >= 15 is 0 Å². The van der Waals surface area contributed by atoms with Crippen molar-refractivity contribution in [3.8, 4) is 5.75 Å². The van der Waals surface area contributed by atoms with Crippen molar-refractivity contribution in [3.63, 3.8) is 0 Å². The van der Waals surface area contributed by atoms with Crippen molar-refractivity contribution in [1.82, 2.24) is 0 Å². The van der Waals surface area contributed by atoms with Crippen LogP contribution in [0.3, 0.4) is 0 Å². The summed E-state index contributed by atoms with van der Waals surface area (Å²) < 4.78 is 5.60. The molecule has 0 radical (unpaired) electrons. The summed E-state index contributed by atoms with van der Waals surface area (Å²) in [6, 6.07) is 6.31. The van der Waals surface area contributed by atoms with Crippen molar-refractivity contribution in [2.75, 3.05) is 12.5 Å². The lowest BCUT2D eigenvalue weighted by Gasteiger charge is -2.13. The molecule has 0 fully saturated rings. The van der Waals surface area contributed by atoms with E-state index in [2.05, 4.69) is 39.0 Å². The Morgan fingerprint density at radius 1 is 1.36 bits per heavy atom. The molecule has 14 heavy (non-hydrogen) atoms. The third-order valence-corrected chi connectivity index (χ3v) is 2.28. The van der Waals surface area contributed by atoms with E-state index in [4.69, 9.17) is 16.3 Å². The van der Waals surface area contributed by atoms with Crippen LogP contribution in [0.1, 0.15) is 30.9 Å². The maximum Gasteiger partial charge on any atom is 0.123 e. The van der Waals surface area contributed by atoms with Gasteiger partial charge in [-0.2, -0.15) is 0 Å². The van der Waals surface area contributed by atoms with E-state index in [1.54, 1.807) is 0 Å². The van der Waals surface area contributed by atoms with Crippen LogP contribution in [0.5, 0.6) is 5.75 Å². The quantitative estimate of drug-likeness (QED) is 0.691. The molecule has 0 unspecified atom stereocenters. The topological polar surface area (TPSA) is 9.23 Å². The number of hydrogen-bond donors (Lipinski definition) is 0. The van der Waals surface area contributed by atoms with Crippen molar-refractivity contribution in [3.05, 3.63) is 29.3 Å². The molecule has 0 aliphatic rings. The van der Waals surface area contributed by atoms with E-state index in [0.29, 0.717) is 18.4 Å². The van der Waals surface area contributed by atoms with Crippen LogP contribution in [-0.2, 0) is 0 Å². The Labute approximate surface area is 91.0 Å². The minimum Gasteiger partial charge on any atom is -0.492 e. The lowest BCUT2D eigenvalue weighted by molar-refractivity contribution is 0.337. The molecular formula is C12H17ClO. The highest BCUT2D eigenvalue weighted by Gasteiger charge is 2.07.